The number of amides is 1. The van der Waals surface area contributed by atoms with E-state index in [1.807, 2.05) is 48.7 Å². The maximum atomic E-state index is 12.8. The molecule has 35 heavy (non-hydrogen) atoms. The largest absolute Gasteiger partial charge is 0.382 e. The van der Waals surface area contributed by atoms with Crippen molar-refractivity contribution in [1.29, 1.82) is 0 Å². The van der Waals surface area contributed by atoms with E-state index in [-0.39, 0.29) is 17.7 Å². The van der Waals surface area contributed by atoms with Crippen molar-refractivity contribution in [3.05, 3.63) is 84.4 Å². The first-order valence-corrected chi connectivity index (χ1v) is 12.2. The Bertz CT molecular complexity index is 1460. The fraction of sp³-hybridized carbons (Fsp3) is 0.250. The Hall–Kier alpha value is -4.13. The molecule has 0 radical (unpaired) electrons. The number of imidazole rings is 1. The Kier molecular flexibility index (Phi) is 5.45. The van der Waals surface area contributed by atoms with Crippen molar-refractivity contribution in [3.8, 4) is 11.4 Å². The van der Waals surface area contributed by atoms with Crippen LogP contribution in [0.25, 0.3) is 27.8 Å². The van der Waals surface area contributed by atoms with Gasteiger partial charge in [-0.05, 0) is 43.4 Å². The molecular formula is C28H28N6O. The molecular weight excluding hydrogens is 436 g/mol. The molecule has 0 aliphatic heterocycles. The van der Waals surface area contributed by atoms with Gasteiger partial charge in [-0.3, -0.25) is 9.20 Å². The van der Waals surface area contributed by atoms with Crippen LogP contribution in [0.2, 0.25) is 0 Å². The van der Waals surface area contributed by atoms with Gasteiger partial charge in [-0.2, -0.15) is 0 Å². The molecule has 6 rings (SSSR count). The standard InChI is InChI=1S/C28H28N6O/c29-26-25-24(23-16-21-8-4-5-9-22(21)32-23)33-27(34(25)15-14-30-26)19-10-12-20(13-11-19)28(35)31-17-18-6-2-1-3-7-18/h1-9,14-16,19-20,32H,10-13,17H2,(H2,29,30)(H,31,35). The summed E-state index contributed by atoms with van der Waals surface area (Å²) in [6, 6.07) is 20.3. The summed E-state index contributed by atoms with van der Waals surface area (Å²) in [5.41, 5.74) is 11.1. The van der Waals surface area contributed by atoms with Gasteiger partial charge in [0.2, 0.25) is 5.91 Å². The number of rotatable bonds is 5. The molecule has 0 spiro atoms. The fourth-order valence-corrected chi connectivity index (χ4v) is 5.31. The first-order chi connectivity index (χ1) is 17.2. The lowest BCUT2D eigenvalue weighted by Crippen LogP contribution is -2.32. The number of nitrogen functional groups attached to an aromatic ring is 1. The molecule has 7 nitrogen and oxygen atoms in total. The van der Waals surface area contributed by atoms with Crippen molar-refractivity contribution >= 4 is 28.1 Å². The Balaban J connectivity index is 1.23. The molecule has 7 heteroatoms. The van der Waals surface area contributed by atoms with E-state index in [0.717, 1.165) is 64.9 Å². The van der Waals surface area contributed by atoms with Crippen molar-refractivity contribution in [2.45, 2.75) is 38.1 Å². The second kappa shape index (κ2) is 8.91. The van der Waals surface area contributed by atoms with Gasteiger partial charge in [0, 0.05) is 41.7 Å². The molecule has 4 N–H and O–H groups in total. The van der Waals surface area contributed by atoms with Crippen LogP contribution in [-0.4, -0.2) is 25.3 Å². The smallest absolute Gasteiger partial charge is 0.223 e. The number of nitrogens with two attached hydrogens (primary N) is 1. The Labute approximate surface area is 203 Å². The number of anilines is 1. The van der Waals surface area contributed by atoms with Crippen LogP contribution in [0, 0.1) is 5.92 Å². The van der Waals surface area contributed by atoms with Crippen LogP contribution in [0.3, 0.4) is 0 Å². The van der Waals surface area contributed by atoms with Gasteiger partial charge in [0.05, 0.1) is 5.69 Å². The molecule has 2 aromatic carbocycles. The Morgan fingerprint density at radius 1 is 1.06 bits per heavy atom. The number of benzene rings is 2. The predicted octanol–water partition coefficient (Wildman–Crippen LogP) is 5.05. The zero-order chi connectivity index (χ0) is 23.8. The van der Waals surface area contributed by atoms with Crippen LogP contribution in [0.15, 0.2) is 73.1 Å². The van der Waals surface area contributed by atoms with Crippen molar-refractivity contribution < 1.29 is 4.79 Å². The number of carbonyl (C=O) groups excluding carboxylic acids is 1. The monoisotopic (exact) mass is 464 g/mol. The summed E-state index contributed by atoms with van der Waals surface area (Å²) < 4.78 is 2.09. The summed E-state index contributed by atoms with van der Waals surface area (Å²) in [5, 5.41) is 4.24. The van der Waals surface area contributed by atoms with Gasteiger partial charge in [0.25, 0.3) is 0 Å². The highest BCUT2D eigenvalue weighted by Crippen LogP contribution is 2.39. The van der Waals surface area contributed by atoms with E-state index in [2.05, 4.69) is 37.9 Å². The van der Waals surface area contributed by atoms with Crippen LogP contribution < -0.4 is 11.1 Å². The topological polar surface area (TPSA) is 101 Å². The summed E-state index contributed by atoms with van der Waals surface area (Å²) in [5.74, 6) is 1.91. The van der Waals surface area contributed by atoms with Gasteiger partial charge in [-0.1, -0.05) is 48.5 Å². The van der Waals surface area contributed by atoms with E-state index < -0.39 is 0 Å². The highest BCUT2D eigenvalue weighted by Gasteiger charge is 2.30. The number of aromatic amines is 1. The predicted molar refractivity (Wildman–Crippen MR) is 138 cm³/mol. The van der Waals surface area contributed by atoms with Crippen LogP contribution in [-0.2, 0) is 11.3 Å². The molecule has 0 bridgehead atoms. The average Bonchev–Trinajstić information content (AvgIpc) is 3.50. The van der Waals surface area contributed by atoms with Crippen molar-refractivity contribution in [2.75, 3.05) is 5.73 Å². The molecule has 1 saturated carbocycles. The summed E-state index contributed by atoms with van der Waals surface area (Å²) >= 11 is 0. The molecule has 1 aliphatic carbocycles. The van der Waals surface area contributed by atoms with Gasteiger partial charge >= 0.3 is 0 Å². The molecule has 1 amide bonds. The average molecular weight is 465 g/mol. The van der Waals surface area contributed by atoms with E-state index in [4.69, 9.17) is 10.7 Å². The van der Waals surface area contributed by atoms with E-state index in [1.165, 1.54) is 0 Å². The molecule has 176 valence electrons. The van der Waals surface area contributed by atoms with Gasteiger partial charge in [0.1, 0.15) is 22.9 Å². The van der Waals surface area contributed by atoms with Crippen molar-refractivity contribution in [3.63, 3.8) is 0 Å². The van der Waals surface area contributed by atoms with Gasteiger partial charge in [0.15, 0.2) is 0 Å². The van der Waals surface area contributed by atoms with Crippen molar-refractivity contribution in [1.82, 2.24) is 24.7 Å². The SMILES string of the molecule is Nc1nccn2c(C3CCC(C(=O)NCc4ccccc4)CC3)nc(-c3cc4ccccc4[nH]3)c12. The number of hydrogen-bond donors (Lipinski definition) is 3. The van der Waals surface area contributed by atoms with E-state index in [9.17, 15) is 4.79 Å². The second-order valence-corrected chi connectivity index (χ2v) is 9.37. The number of fused-ring (bicyclic) bond motifs is 2. The first kappa shape index (κ1) is 21.4. The van der Waals surface area contributed by atoms with Crippen LogP contribution in [0.1, 0.15) is 43.0 Å². The minimum Gasteiger partial charge on any atom is -0.382 e. The molecule has 0 atom stereocenters. The molecule has 3 aromatic heterocycles. The third-order valence-corrected chi connectivity index (χ3v) is 7.17. The summed E-state index contributed by atoms with van der Waals surface area (Å²) in [7, 11) is 0. The molecule has 0 unspecified atom stereocenters. The first-order valence-electron chi connectivity index (χ1n) is 12.2. The number of carbonyl (C=O) groups is 1. The molecule has 0 saturated heterocycles. The third-order valence-electron chi connectivity index (χ3n) is 7.17. The third kappa shape index (κ3) is 4.03. The fourth-order valence-electron chi connectivity index (χ4n) is 5.31. The quantitative estimate of drug-likeness (QED) is 0.339. The summed E-state index contributed by atoms with van der Waals surface area (Å²) in [6.07, 6.45) is 7.20. The van der Waals surface area contributed by atoms with Crippen LogP contribution in [0.4, 0.5) is 5.82 Å². The van der Waals surface area contributed by atoms with Gasteiger partial charge < -0.3 is 16.0 Å². The van der Waals surface area contributed by atoms with Gasteiger partial charge in [-0.15, -0.1) is 0 Å². The zero-order valence-electron chi connectivity index (χ0n) is 19.4. The molecule has 1 fully saturated rings. The van der Waals surface area contributed by atoms with E-state index >= 15 is 0 Å². The summed E-state index contributed by atoms with van der Waals surface area (Å²) in [4.78, 5) is 25.7. The minimum atomic E-state index is 0.0427. The lowest BCUT2D eigenvalue weighted by Gasteiger charge is -2.27. The maximum Gasteiger partial charge on any atom is 0.223 e. The summed E-state index contributed by atoms with van der Waals surface area (Å²) in [6.45, 7) is 0.574. The van der Waals surface area contributed by atoms with Crippen LogP contribution in [0.5, 0.6) is 0 Å². The number of para-hydroxylation sites is 1. The lowest BCUT2D eigenvalue weighted by atomic mass is 9.81. The molecule has 3 heterocycles. The number of hydrogen-bond acceptors (Lipinski definition) is 4. The lowest BCUT2D eigenvalue weighted by molar-refractivity contribution is -0.126. The molecule has 1 aliphatic rings. The number of nitrogens with zero attached hydrogens (tertiary/aromatic N) is 3. The van der Waals surface area contributed by atoms with Gasteiger partial charge in [-0.25, -0.2) is 9.97 Å². The van der Waals surface area contributed by atoms with Crippen molar-refractivity contribution in [2.24, 2.45) is 5.92 Å². The highest BCUT2D eigenvalue weighted by molar-refractivity contribution is 5.91. The number of H-pyrrole nitrogens is 1. The van der Waals surface area contributed by atoms with Crippen LogP contribution >= 0.6 is 0 Å². The highest BCUT2D eigenvalue weighted by atomic mass is 16.1. The van der Waals surface area contributed by atoms with E-state index in [1.54, 1.807) is 6.20 Å². The normalized spacial score (nSPS) is 18.2. The second-order valence-electron chi connectivity index (χ2n) is 9.37. The Morgan fingerprint density at radius 2 is 1.83 bits per heavy atom. The molecule has 5 aromatic rings. The zero-order valence-corrected chi connectivity index (χ0v) is 19.4. The number of aromatic nitrogens is 4. The maximum absolute atomic E-state index is 12.8. The Morgan fingerprint density at radius 3 is 2.63 bits per heavy atom. The number of nitrogens with one attached hydrogen (secondary N) is 2. The minimum absolute atomic E-state index is 0.0427. The van der Waals surface area contributed by atoms with E-state index in [0.29, 0.717) is 12.4 Å².